The molecule has 0 aliphatic carbocycles. The Bertz CT molecular complexity index is 923. The van der Waals surface area contributed by atoms with Crippen LogP contribution in [0, 0.1) is 13.8 Å². The summed E-state index contributed by atoms with van der Waals surface area (Å²) in [5.74, 6) is 0.100. The summed E-state index contributed by atoms with van der Waals surface area (Å²) in [4.78, 5) is 32.9. The van der Waals surface area contributed by atoms with Gasteiger partial charge < -0.3 is 9.72 Å². The molecule has 1 N–H and O–H groups in total. The molecule has 0 fully saturated rings. The molecule has 2 aromatic heterocycles. The minimum Gasteiger partial charge on any atom is -0.465 e. The van der Waals surface area contributed by atoms with Crippen LogP contribution in [-0.4, -0.2) is 23.0 Å². The van der Waals surface area contributed by atoms with Gasteiger partial charge in [0.1, 0.15) is 10.7 Å². The predicted molar refractivity (Wildman–Crippen MR) is 86.5 cm³/mol. The third-order valence-corrected chi connectivity index (χ3v) is 4.72. The number of aromatic nitrogens is 2. The number of ether oxygens (including phenoxy) is 1. The van der Waals surface area contributed by atoms with Crippen LogP contribution in [0.15, 0.2) is 29.1 Å². The molecule has 0 aliphatic rings. The van der Waals surface area contributed by atoms with Crippen LogP contribution in [0.25, 0.3) is 21.6 Å². The van der Waals surface area contributed by atoms with Crippen molar-refractivity contribution in [3.63, 3.8) is 0 Å². The van der Waals surface area contributed by atoms with Gasteiger partial charge >= 0.3 is 5.97 Å². The van der Waals surface area contributed by atoms with E-state index < -0.39 is 5.97 Å². The number of hydrogen-bond acceptors (Lipinski definition) is 5. The molecule has 0 amide bonds. The van der Waals surface area contributed by atoms with Crippen molar-refractivity contribution in [2.75, 3.05) is 7.11 Å². The lowest BCUT2D eigenvalue weighted by molar-refractivity contribution is 0.0601. The van der Waals surface area contributed by atoms with Gasteiger partial charge in [0.05, 0.1) is 18.1 Å². The fraction of sp³-hybridized carbons (Fsp3) is 0.188. The van der Waals surface area contributed by atoms with E-state index in [1.807, 2.05) is 13.8 Å². The summed E-state index contributed by atoms with van der Waals surface area (Å²) in [5.41, 5.74) is 2.04. The van der Waals surface area contributed by atoms with E-state index in [4.69, 9.17) is 0 Å². The van der Waals surface area contributed by atoms with Gasteiger partial charge in [-0.25, -0.2) is 9.78 Å². The molecule has 0 unspecified atom stereocenters. The second-order valence-electron chi connectivity index (χ2n) is 4.95. The van der Waals surface area contributed by atoms with Crippen molar-refractivity contribution < 1.29 is 9.53 Å². The van der Waals surface area contributed by atoms with E-state index >= 15 is 0 Å². The van der Waals surface area contributed by atoms with Crippen molar-refractivity contribution in [3.8, 4) is 11.4 Å². The molecular weight excluding hydrogens is 300 g/mol. The fourth-order valence-electron chi connectivity index (χ4n) is 2.27. The Morgan fingerprint density at radius 1 is 1.23 bits per heavy atom. The number of nitrogens with one attached hydrogen (secondary N) is 1. The van der Waals surface area contributed by atoms with Crippen molar-refractivity contribution in [2.45, 2.75) is 13.8 Å². The highest BCUT2D eigenvalue weighted by Crippen LogP contribution is 2.27. The van der Waals surface area contributed by atoms with Crippen LogP contribution in [0.2, 0.25) is 0 Å². The SMILES string of the molecule is COC(=O)c1ccc(-c2nc3sc(C)c(C)c3c(=O)[nH]2)cc1. The molecule has 3 rings (SSSR count). The highest BCUT2D eigenvalue weighted by molar-refractivity contribution is 7.18. The summed E-state index contributed by atoms with van der Waals surface area (Å²) < 4.78 is 4.66. The zero-order valence-corrected chi connectivity index (χ0v) is 13.2. The van der Waals surface area contributed by atoms with Gasteiger partial charge in [0, 0.05) is 10.4 Å². The predicted octanol–water partition coefficient (Wildman–Crippen LogP) is 3.06. The van der Waals surface area contributed by atoms with Gasteiger partial charge in [-0.1, -0.05) is 12.1 Å². The van der Waals surface area contributed by atoms with Crippen molar-refractivity contribution in [1.29, 1.82) is 0 Å². The summed E-state index contributed by atoms with van der Waals surface area (Å²) in [6.07, 6.45) is 0. The molecule has 5 nitrogen and oxygen atoms in total. The zero-order valence-electron chi connectivity index (χ0n) is 12.4. The molecule has 3 aromatic rings. The molecule has 112 valence electrons. The number of benzene rings is 1. The first kappa shape index (κ1) is 14.5. The fourth-order valence-corrected chi connectivity index (χ4v) is 3.30. The Morgan fingerprint density at radius 3 is 2.55 bits per heavy atom. The van der Waals surface area contributed by atoms with E-state index in [9.17, 15) is 9.59 Å². The normalized spacial score (nSPS) is 10.9. The Kier molecular flexibility index (Phi) is 3.54. The lowest BCUT2D eigenvalue weighted by atomic mass is 10.1. The molecule has 0 spiro atoms. The summed E-state index contributed by atoms with van der Waals surface area (Å²) in [5, 5.41) is 0.650. The van der Waals surface area contributed by atoms with Crippen LogP contribution in [0.3, 0.4) is 0 Å². The summed E-state index contributed by atoms with van der Waals surface area (Å²) in [6, 6.07) is 6.78. The number of H-pyrrole nitrogens is 1. The van der Waals surface area contributed by atoms with Crippen molar-refractivity contribution >= 4 is 27.5 Å². The highest BCUT2D eigenvalue weighted by Gasteiger charge is 2.13. The second-order valence-corrected chi connectivity index (χ2v) is 6.15. The first-order valence-corrected chi connectivity index (χ1v) is 7.51. The molecule has 0 bridgehead atoms. The molecule has 0 saturated carbocycles. The van der Waals surface area contributed by atoms with Crippen LogP contribution < -0.4 is 5.56 Å². The summed E-state index contributed by atoms with van der Waals surface area (Å²) >= 11 is 1.51. The third-order valence-electron chi connectivity index (χ3n) is 3.62. The number of aromatic amines is 1. The van der Waals surface area contributed by atoms with E-state index in [0.717, 1.165) is 20.8 Å². The zero-order chi connectivity index (χ0) is 15.9. The highest BCUT2D eigenvalue weighted by atomic mass is 32.1. The summed E-state index contributed by atoms with van der Waals surface area (Å²) in [6.45, 7) is 3.90. The number of thiophene rings is 1. The van der Waals surface area contributed by atoms with Gasteiger partial charge in [-0.2, -0.15) is 0 Å². The van der Waals surface area contributed by atoms with E-state index in [0.29, 0.717) is 16.8 Å². The lowest BCUT2D eigenvalue weighted by Crippen LogP contribution is -2.09. The number of rotatable bonds is 2. The van der Waals surface area contributed by atoms with Gasteiger partial charge in [-0.05, 0) is 31.5 Å². The first-order valence-electron chi connectivity index (χ1n) is 6.70. The maximum absolute atomic E-state index is 12.3. The van der Waals surface area contributed by atoms with Crippen LogP contribution in [0.4, 0.5) is 0 Å². The maximum atomic E-state index is 12.3. The molecule has 0 aliphatic heterocycles. The second kappa shape index (κ2) is 5.38. The Hall–Kier alpha value is -2.47. The van der Waals surface area contributed by atoms with Gasteiger partial charge in [-0.15, -0.1) is 11.3 Å². The van der Waals surface area contributed by atoms with Crippen LogP contribution in [0.1, 0.15) is 20.8 Å². The average molecular weight is 314 g/mol. The number of carbonyl (C=O) groups is 1. The topological polar surface area (TPSA) is 72.0 Å². The van der Waals surface area contributed by atoms with E-state index in [1.165, 1.54) is 18.4 Å². The number of hydrogen-bond donors (Lipinski definition) is 1. The van der Waals surface area contributed by atoms with E-state index in [-0.39, 0.29) is 5.56 Å². The van der Waals surface area contributed by atoms with Crippen molar-refractivity contribution in [2.24, 2.45) is 0 Å². The molecule has 22 heavy (non-hydrogen) atoms. The molecular formula is C16H14N2O3S. The molecule has 2 heterocycles. The third kappa shape index (κ3) is 2.31. The average Bonchev–Trinajstić information content (AvgIpc) is 2.81. The number of esters is 1. The number of aryl methyl sites for hydroxylation is 2. The largest absolute Gasteiger partial charge is 0.465 e. The Balaban J connectivity index is 2.10. The van der Waals surface area contributed by atoms with Crippen molar-refractivity contribution in [1.82, 2.24) is 9.97 Å². The van der Waals surface area contributed by atoms with Crippen molar-refractivity contribution in [3.05, 3.63) is 50.6 Å². The van der Waals surface area contributed by atoms with Crippen LogP contribution in [0.5, 0.6) is 0 Å². The van der Waals surface area contributed by atoms with Gasteiger partial charge in [0.15, 0.2) is 0 Å². The number of carbonyl (C=O) groups excluding carboxylic acids is 1. The van der Waals surface area contributed by atoms with Gasteiger partial charge in [0.25, 0.3) is 5.56 Å². The minimum atomic E-state index is -0.395. The molecule has 0 radical (unpaired) electrons. The van der Waals surface area contributed by atoms with E-state index in [2.05, 4.69) is 14.7 Å². The Labute approximate surface area is 130 Å². The standard InChI is InChI=1S/C16H14N2O3S/c1-8-9(2)22-15-12(8)14(19)17-13(18-15)10-4-6-11(7-5-10)16(20)21-3/h4-7H,1-3H3,(H,17,18,19). The smallest absolute Gasteiger partial charge is 0.337 e. The monoisotopic (exact) mass is 314 g/mol. The van der Waals surface area contributed by atoms with Crippen LogP contribution in [-0.2, 0) is 4.74 Å². The number of methoxy groups -OCH3 is 1. The number of nitrogens with zero attached hydrogens (tertiary/aromatic N) is 1. The summed E-state index contributed by atoms with van der Waals surface area (Å²) in [7, 11) is 1.34. The number of fused-ring (bicyclic) bond motifs is 1. The lowest BCUT2D eigenvalue weighted by Gasteiger charge is -2.03. The Morgan fingerprint density at radius 2 is 1.91 bits per heavy atom. The van der Waals surface area contributed by atoms with Gasteiger partial charge in [0.2, 0.25) is 0 Å². The molecule has 1 aromatic carbocycles. The molecule has 6 heteroatoms. The minimum absolute atomic E-state index is 0.140. The molecule has 0 atom stereocenters. The molecule has 0 saturated heterocycles. The van der Waals surface area contributed by atoms with Crippen LogP contribution >= 0.6 is 11.3 Å². The maximum Gasteiger partial charge on any atom is 0.337 e. The quantitative estimate of drug-likeness (QED) is 0.738. The van der Waals surface area contributed by atoms with E-state index in [1.54, 1.807) is 24.3 Å². The van der Waals surface area contributed by atoms with Gasteiger partial charge in [-0.3, -0.25) is 4.79 Å². The first-order chi connectivity index (χ1) is 10.5.